The zero-order valence-electron chi connectivity index (χ0n) is 3.66. The van der Waals surface area contributed by atoms with Crippen LogP contribution in [0.3, 0.4) is 0 Å². The lowest BCUT2D eigenvalue weighted by atomic mass is 10.4. The average molecular weight is 108 g/mol. The van der Waals surface area contributed by atoms with Crippen molar-refractivity contribution < 1.29 is 4.39 Å². The van der Waals surface area contributed by atoms with Crippen LogP contribution in [0, 0.1) is 0 Å². The normalized spacial score (nSPS) is 10.7. The second-order valence-corrected chi connectivity index (χ2v) is 1.19. The van der Waals surface area contributed by atoms with Gasteiger partial charge in [-0.1, -0.05) is 21.8 Å². The van der Waals surface area contributed by atoms with Crippen LogP contribution in [0.25, 0.3) is 0 Å². The second kappa shape index (κ2) is 9.33. The molecule has 0 aliphatic carbocycles. The molecule has 0 bridgehead atoms. The summed E-state index contributed by atoms with van der Waals surface area (Å²) in [4.78, 5) is 0. The Labute approximate surface area is 46.7 Å². The summed E-state index contributed by atoms with van der Waals surface area (Å²) in [6, 6.07) is 0. The van der Waals surface area contributed by atoms with Crippen molar-refractivity contribution in [3.63, 3.8) is 0 Å². The summed E-state index contributed by atoms with van der Waals surface area (Å²) in [5.41, 5.74) is 0. The minimum absolute atomic E-state index is 0. The quantitative estimate of drug-likeness (QED) is 0.484. The molecule has 0 aliphatic heterocycles. The van der Waals surface area contributed by atoms with Crippen LogP contribution in [-0.4, -0.2) is 6.17 Å². The van der Waals surface area contributed by atoms with Crippen molar-refractivity contribution in [3.8, 4) is 0 Å². The summed E-state index contributed by atoms with van der Waals surface area (Å²) >= 11 is 0. The zero-order valence-corrected chi connectivity index (χ0v) is 3.66. The predicted molar refractivity (Wildman–Crippen MR) is 34.3 cm³/mol. The lowest BCUT2D eigenvalue weighted by Gasteiger charge is -1.86. The van der Waals surface area contributed by atoms with Gasteiger partial charge in [0.05, 0.1) is 6.17 Å². The molecule has 1 heteroatoms. The molecule has 0 fully saturated rings. The van der Waals surface area contributed by atoms with Crippen molar-refractivity contribution >= 4 is 0 Å². The smallest absolute Gasteiger partial charge is 0.0971 e. The fourth-order valence-electron chi connectivity index (χ4n) is 0. The molecule has 0 aromatic carbocycles. The highest BCUT2D eigenvalue weighted by molar-refractivity contribution is 4.35. The summed E-state index contributed by atoms with van der Waals surface area (Å²) in [6.45, 7) is 3.38. The third kappa shape index (κ3) is 24.6. The molecule has 0 spiro atoms. The Kier molecular flexibility index (Phi) is 21.0. The fraction of sp³-hybridized carbons (Fsp3) is 1.00. The second-order valence-electron chi connectivity index (χ2n) is 1.19. The molecular formula is C6H17F. The standard InChI is InChI=1S/C4H9F.2CH4/c1-3-4(2)5;;/h4H,3H2,1-2H3;2*1H4. The van der Waals surface area contributed by atoms with E-state index in [4.69, 9.17) is 0 Å². The lowest BCUT2D eigenvalue weighted by Crippen LogP contribution is -1.83. The summed E-state index contributed by atoms with van der Waals surface area (Å²) < 4.78 is 11.4. The van der Waals surface area contributed by atoms with E-state index in [1.54, 1.807) is 6.92 Å². The van der Waals surface area contributed by atoms with Gasteiger partial charge in [0.1, 0.15) is 0 Å². The Morgan fingerprint density at radius 2 is 1.57 bits per heavy atom. The van der Waals surface area contributed by atoms with E-state index in [1.165, 1.54) is 0 Å². The van der Waals surface area contributed by atoms with Gasteiger partial charge in [0.25, 0.3) is 0 Å². The zero-order chi connectivity index (χ0) is 4.28. The van der Waals surface area contributed by atoms with Crippen molar-refractivity contribution in [1.29, 1.82) is 0 Å². The lowest BCUT2D eigenvalue weighted by molar-refractivity contribution is 0.352. The van der Waals surface area contributed by atoms with Crippen molar-refractivity contribution in [1.82, 2.24) is 0 Å². The molecule has 0 amide bonds. The van der Waals surface area contributed by atoms with Crippen molar-refractivity contribution in [2.75, 3.05) is 0 Å². The number of hydrogen-bond donors (Lipinski definition) is 0. The fourth-order valence-corrected chi connectivity index (χ4v) is 0. The van der Waals surface area contributed by atoms with Gasteiger partial charge in [-0.25, -0.2) is 4.39 Å². The molecule has 0 heterocycles. The van der Waals surface area contributed by atoms with E-state index in [0.717, 1.165) is 0 Å². The van der Waals surface area contributed by atoms with Crippen LogP contribution in [0.1, 0.15) is 35.1 Å². The first kappa shape index (κ1) is 15.8. The summed E-state index contributed by atoms with van der Waals surface area (Å²) in [5.74, 6) is 0. The molecule has 0 aromatic heterocycles. The van der Waals surface area contributed by atoms with Gasteiger partial charge in [-0.3, -0.25) is 0 Å². The number of hydrogen-bond acceptors (Lipinski definition) is 0. The maximum atomic E-state index is 11.4. The SMILES string of the molecule is C.C.CCC(C)F. The first-order valence-electron chi connectivity index (χ1n) is 1.91. The van der Waals surface area contributed by atoms with Crippen LogP contribution in [0.2, 0.25) is 0 Å². The Morgan fingerprint density at radius 1 is 1.43 bits per heavy atom. The van der Waals surface area contributed by atoms with E-state index < -0.39 is 6.17 Å². The first-order chi connectivity index (χ1) is 2.27. The molecule has 0 saturated carbocycles. The number of rotatable bonds is 1. The maximum Gasteiger partial charge on any atom is 0.0971 e. The van der Waals surface area contributed by atoms with Crippen LogP contribution >= 0.6 is 0 Å². The van der Waals surface area contributed by atoms with E-state index in [2.05, 4.69) is 0 Å². The van der Waals surface area contributed by atoms with Crippen LogP contribution in [0.5, 0.6) is 0 Å². The largest absolute Gasteiger partial charge is 0.248 e. The summed E-state index contributed by atoms with van der Waals surface area (Å²) in [7, 11) is 0. The third-order valence-electron chi connectivity index (χ3n) is 0.563. The minimum Gasteiger partial charge on any atom is -0.248 e. The van der Waals surface area contributed by atoms with Crippen LogP contribution in [0.4, 0.5) is 4.39 Å². The number of alkyl halides is 1. The molecule has 0 aromatic rings. The molecule has 0 rings (SSSR count). The van der Waals surface area contributed by atoms with Crippen LogP contribution in [-0.2, 0) is 0 Å². The van der Waals surface area contributed by atoms with Gasteiger partial charge in [0.2, 0.25) is 0 Å². The molecule has 0 N–H and O–H groups in total. The van der Waals surface area contributed by atoms with Crippen molar-refractivity contribution in [2.45, 2.75) is 41.3 Å². The van der Waals surface area contributed by atoms with Gasteiger partial charge < -0.3 is 0 Å². The Hall–Kier alpha value is -0.0700. The maximum absolute atomic E-state index is 11.4. The van der Waals surface area contributed by atoms with E-state index in [1.807, 2.05) is 6.92 Å². The monoisotopic (exact) mass is 108 g/mol. The van der Waals surface area contributed by atoms with Gasteiger partial charge in [-0.2, -0.15) is 0 Å². The molecule has 0 aliphatic rings. The highest BCUT2D eigenvalue weighted by Crippen LogP contribution is 1.90. The highest BCUT2D eigenvalue weighted by Gasteiger charge is 1.85. The number of halogens is 1. The Balaban J connectivity index is -0.0000000800. The Bertz CT molecular complexity index is 18.1. The molecule has 1 unspecified atom stereocenters. The molecule has 0 radical (unpaired) electrons. The van der Waals surface area contributed by atoms with Crippen molar-refractivity contribution in [3.05, 3.63) is 0 Å². The molecule has 0 saturated heterocycles. The van der Waals surface area contributed by atoms with Gasteiger partial charge in [-0.05, 0) is 13.3 Å². The third-order valence-corrected chi connectivity index (χ3v) is 0.563. The minimum atomic E-state index is -0.616. The molecule has 0 nitrogen and oxygen atoms in total. The van der Waals surface area contributed by atoms with E-state index >= 15 is 0 Å². The molecule has 7 heavy (non-hydrogen) atoms. The highest BCUT2D eigenvalue weighted by atomic mass is 19.1. The van der Waals surface area contributed by atoms with E-state index in [0.29, 0.717) is 6.42 Å². The topological polar surface area (TPSA) is 0 Å². The Morgan fingerprint density at radius 3 is 1.57 bits per heavy atom. The van der Waals surface area contributed by atoms with Crippen LogP contribution < -0.4 is 0 Å². The first-order valence-corrected chi connectivity index (χ1v) is 1.91. The van der Waals surface area contributed by atoms with E-state index in [9.17, 15) is 4.39 Å². The van der Waals surface area contributed by atoms with Gasteiger partial charge in [0, 0.05) is 0 Å². The molecular weight excluding hydrogens is 91.1 g/mol. The summed E-state index contributed by atoms with van der Waals surface area (Å²) in [6.07, 6.45) is 0.0231. The van der Waals surface area contributed by atoms with Gasteiger partial charge in [-0.15, -0.1) is 0 Å². The molecule has 48 valence electrons. The van der Waals surface area contributed by atoms with Gasteiger partial charge >= 0.3 is 0 Å². The molecule has 1 atom stereocenters. The van der Waals surface area contributed by atoms with Crippen LogP contribution in [0.15, 0.2) is 0 Å². The van der Waals surface area contributed by atoms with Crippen molar-refractivity contribution in [2.24, 2.45) is 0 Å². The summed E-state index contributed by atoms with van der Waals surface area (Å²) in [5, 5.41) is 0. The average Bonchev–Trinajstić information content (AvgIpc) is 1.38. The van der Waals surface area contributed by atoms with E-state index in [-0.39, 0.29) is 14.9 Å². The predicted octanol–water partition coefficient (Wildman–Crippen LogP) is 3.03. The van der Waals surface area contributed by atoms with Gasteiger partial charge in [0.15, 0.2) is 0 Å².